The van der Waals surface area contributed by atoms with Crippen molar-refractivity contribution in [3.05, 3.63) is 0 Å². The third kappa shape index (κ3) is 8.98. The molecular weight excluding hydrogens is 230 g/mol. The van der Waals surface area contributed by atoms with Gasteiger partial charge in [0.2, 0.25) is 11.8 Å². The maximum atomic E-state index is 11.6. The van der Waals surface area contributed by atoms with Gasteiger partial charge in [0.25, 0.3) is 0 Å². The topological polar surface area (TPSA) is 70.2 Å². The number of unbranched alkanes of at least 4 members (excludes halogenated alkanes) is 1. The van der Waals surface area contributed by atoms with Crippen LogP contribution in [0.15, 0.2) is 0 Å². The Labute approximate surface area is 110 Å². The molecule has 1 unspecified atom stereocenters. The molecule has 5 heteroatoms. The summed E-state index contributed by atoms with van der Waals surface area (Å²) in [6, 6.07) is -0.341. The van der Waals surface area contributed by atoms with Gasteiger partial charge in [0.15, 0.2) is 0 Å². The molecule has 0 saturated carbocycles. The van der Waals surface area contributed by atoms with Gasteiger partial charge in [-0.1, -0.05) is 27.2 Å². The first kappa shape index (κ1) is 16.9. The van der Waals surface area contributed by atoms with E-state index < -0.39 is 0 Å². The van der Waals surface area contributed by atoms with Crippen molar-refractivity contribution in [2.45, 2.75) is 46.6 Å². The van der Waals surface area contributed by atoms with E-state index in [0.717, 1.165) is 12.8 Å². The Morgan fingerprint density at radius 3 is 2.33 bits per heavy atom. The van der Waals surface area contributed by atoms with Gasteiger partial charge < -0.3 is 10.6 Å². The van der Waals surface area contributed by atoms with E-state index in [2.05, 4.69) is 22.9 Å². The molecule has 0 spiro atoms. The van der Waals surface area contributed by atoms with Gasteiger partial charge in [0.05, 0.1) is 12.6 Å². The van der Waals surface area contributed by atoms with Gasteiger partial charge in [0.1, 0.15) is 0 Å². The fraction of sp³-hybridized carbons (Fsp3) is 0.846. The van der Waals surface area contributed by atoms with E-state index >= 15 is 0 Å². The minimum atomic E-state index is -0.341. The summed E-state index contributed by atoms with van der Waals surface area (Å²) in [6.07, 6.45) is 2.03. The normalized spacial score (nSPS) is 12.3. The van der Waals surface area contributed by atoms with Crippen molar-refractivity contribution in [1.82, 2.24) is 16.0 Å². The quantitative estimate of drug-likeness (QED) is 0.531. The molecule has 2 amide bonds. The van der Waals surface area contributed by atoms with Crippen molar-refractivity contribution in [3.63, 3.8) is 0 Å². The van der Waals surface area contributed by atoms with Crippen LogP contribution in [0.1, 0.15) is 40.5 Å². The predicted molar refractivity (Wildman–Crippen MR) is 73.2 cm³/mol. The zero-order valence-corrected chi connectivity index (χ0v) is 12.0. The first-order chi connectivity index (χ1) is 8.47. The third-order valence-electron chi connectivity index (χ3n) is 2.50. The Hall–Kier alpha value is -1.10. The van der Waals surface area contributed by atoms with Gasteiger partial charge in [-0.2, -0.15) is 0 Å². The molecule has 106 valence electrons. The number of nitrogens with one attached hydrogen (secondary N) is 3. The lowest BCUT2D eigenvalue weighted by atomic mass is 10.2. The zero-order valence-electron chi connectivity index (χ0n) is 12.0. The molecule has 0 aliphatic carbocycles. The Morgan fingerprint density at radius 1 is 1.11 bits per heavy atom. The van der Waals surface area contributed by atoms with Crippen molar-refractivity contribution in [2.24, 2.45) is 5.92 Å². The average Bonchev–Trinajstić information content (AvgIpc) is 2.33. The smallest absolute Gasteiger partial charge is 0.236 e. The molecule has 3 N–H and O–H groups in total. The van der Waals surface area contributed by atoms with Crippen LogP contribution < -0.4 is 16.0 Å². The summed E-state index contributed by atoms with van der Waals surface area (Å²) in [6.45, 7) is 9.45. The van der Waals surface area contributed by atoms with Gasteiger partial charge in [-0.15, -0.1) is 0 Å². The number of amides is 2. The van der Waals surface area contributed by atoms with E-state index in [-0.39, 0.29) is 24.4 Å². The number of carbonyl (C=O) groups is 2. The molecular formula is C13H27N3O2. The molecule has 0 aliphatic rings. The fourth-order valence-corrected chi connectivity index (χ4v) is 1.26. The van der Waals surface area contributed by atoms with Gasteiger partial charge in [-0.05, 0) is 19.3 Å². The molecule has 0 aromatic carbocycles. The number of carbonyl (C=O) groups excluding carboxylic acids is 2. The molecule has 0 rings (SSSR count). The van der Waals surface area contributed by atoms with Crippen LogP contribution in [-0.4, -0.2) is 37.5 Å². The van der Waals surface area contributed by atoms with Gasteiger partial charge >= 0.3 is 0 Å². The second-order valence-corrected chi connectivity index (χ2v) is 4.95. The van der Waals surface area contributed by atoms with E-state index in [1.807, 2.05) is 13.8 Å². The molecule has 0 fully saturated rings. The second-order valence-electron chi connectivity index (χ2n) is 4.95. The predicted octanol–water partition coefficient (Wildman–Crippen LogP) is 0.653. The van der Waals surface area contributed by atoms with Crippen molar-refractivity contribution < 1.29 is 9.59 Å². The van der Waals surface area contributed by atoms with E-state index in [1.54, 1.807) is 6.92 Å². The highest BCUT2D eigenvalue weighted by atomic mass is 16.2. The van der Waals surface area contributed by atoms with Crippen LogP contribution in [0, 0.1) is 5.92 Å². The van der Waals surface area contributed by atoms with Gasteiger partial charge in [-0.25, -0.2) is 0 Å². The molecule has 1 atom stereocenters. The van der Waals surface area contributed by atoms with Crippen LogP contribution in [-0.2, 0) is 9.59 Å². The Balaban J connectivity index is 3.70. The standard InChI is InChI=1S/C13H27N3O2/c1-5-6-7-14-13(18)11(4)15-9-12(17)16-8-10(2)3/h10-11,15H,5-9H2,1-4H3,(H,14,18)(H,16,17). The molecule has 0 heterocycles. The van der Waals surface area contributed by atoms with Crippen LogP contribution in [0.4, 0.5) is 0 Å². The Morgan fingerprint density at radius 2 is 1.78 bits per heavy atom. The van der Waals surface area contributed by atoms with Crippen molar-refractivity contribution in [1.29, 1.82) is 0 Å². The van der Waals surface area contributed by atoms with Crippen LogP contribution >= 0.6 is 0 Å². The van der Waals surface area contributed by atoms with E-state index in [1.165, 1.54) is 0 Å². The molecule has 5 nitrogen and oxygen atoms in total. The summed E-state index contributed by atoms with van der Waals surface area (Å²) < 4.78 is 0. The van der Waals surface area contributed by atoms with Crippen molar-refractivity contribution in [3.8, 4) is 0 Å². The number of rotatable bonds is 9. The van der Waals surface area contributed by atoms with E-state index in [4.69, 9.17) is 0 Å². The van der Waals surface area contributed by atoms with Crippen LogP contribution in [0.2, 0.25) is 0 Å². The monoisotopic (exact) mass is 257 g/mol. The Kier molecular flexibility index (Phi) is 9.28. The largest absolute Gasteiger partial charge is 0.355 e. The summed E-state index contributed by atoms with van der Waals surface area (Å²) in [4.78, 5) is 23.0. The molecule has 0 aromatic rings. The van der Waals surface area contributed by atoms with Crippen molar-refractivity contribution >= 4 is 11.8 Å². The molecule has 0 aliphatic heterocycles. The summed E-state index contributed by atoms with van der Waals surface area (Å²) in [5.41, 5.74) is 0. The van der Waals surface area contributed by atoms with Crippen LogP contribution in [0.25, 0.3) is 0 Å². The highest BCUT2D eigenvalue weighted by Crippen LogP contribution is 1.88. The SMILES string of the molecule is CCCCNC(=O)C(C)NCC(=O)NCC(C)C. The summed E-state index contributed by atoms with van der Waals surface area (Å²) in [5, 5.41) is 8.53. The zero-order chi connectivity index (χ0) is 14.0. The summed E-state index contributed by atoms with van der Waals surface area (Å²) >= 11 is 0. The van der Waals surface area contributed by atoms with Crippen molar-refractivity contribution in [2.75, 3.05) is 19.6 Å². The van der Waals surface area contributed by atoms with E-state index in [0.29, 0.717) is 19.0 Å². The van der Waals surface area contributed by atoms with Crippen LogP contribution in [0.5, 0.6) is 0 Å². The first-order valence-electron chi connectivity index (χ1n) is 6.75. The van der Waals surface area contributed by atoms with Crippen LogP contribution in [0.3, 0.4) is 0 Å². The minimum Gasteiger partial charge on any atom is -0.355 e. The van der Waals surface area contributed by atoms with E-state index in [9.17, 15) is 9.59 Å². The van der Waals surface area contributed by atoms with Gasteiger partial charge in [-0.3, -0.25) is 14.9 Å². The highest BCUT2D eigenvalue weighted by molar-refractivity contribution is 5.83. The average molecular weight is 257 g/mol. The fourth-order valence-electron chi connectivity index (χ4n) is 1.26. The maximum Gasteiger partial charge on any atom is 0.236 e. The third-order valence-corrected chi connectivity index (χ3v) is 2.50. The lowest BCUT2D eigenvalue weighted by molar-refractivity contribution is -0.123. The lowest BCUT2D eigenvalue weighted by Gasteiger charge is -2.14. The molecule has 18 heavy (non-hydrogen) atoms. The first-order valence-corrected chi connectivity index (χ1v) is 6.75. The molecule has 0 bridgehead atoms. The Bertz CT molecular complexity index is 255. The summed E-state index contributed by atoms with van der Waals surface area (Å²) in [5.74, 6) is 0.306. The second kappa shape index (κ2) is 9.88. The van der Waals surface area contributed by atoms with Gasteiger partial charge in [0, 0.05) is 13.1 Å². The lowest BCUT2D eigenvalue weighted by Crippen LogP contribution is -2.46. The minimum absolute atomic E-state index is 0.0555. The molecule has 0 aromatic heterocycles. The number of hydrogen-bond donors (Lipinski definition) is 3. The number of hydrogen-bond acceptors (Lipinski definition) is 3. The maximum absolute atomic E-state index is 11.6. The summed E-state index contributed by atoms with van der Waals surface area (Å²) in [7, 11) is 0. The highest BCUT2D eigenvalue weighted by Gasteiger charge is 2.12. The molecule has 0 saturated heterocycles. The molecule has 0 radical (unpaired) electrons.